The van der Waals surface area contributed by atoms with E-state index in [1.807, 2.05) is 6.92 Å². The van der Waals surface area contributed by atoms with Crippen molar-refractivity contribution in [3.05, 3.63) is 11.6 Å². The van der Waals surface area contributed by atoms with Crippen molar-refractivity contribution in [2.24, 2.45) is 0 Å². The summed E-state index contributed by atoms with van der Waals surface area (Å²) in [5.74, 6) is 0. The van der Waals surface area contributed by atoms with Gasteiger partial charge in [0.1, 0.15) is 0 Å². The molecule has 0 amide bonds. The molecule has 1 aliphatic heterocycles. The van der Waals surface area contributed by atoms with E-state index >= 15 is 0 Å². The molecule has 0 aromatic heterocycles. The first-order chi connectivity index (χ1) is 6.27. The smallest absolute Gasteiger partial charge is 0.180 e. The predicted octanol–water partition coefficient (Wildman–Crippen LogP) is 2.88. The van der Waals surface area contributed by atoms with Crippen LogP contribution in [0.25, 0.3) is 0 Å². The van der Waals surface area contributed by atoms with Gasteiger partial charge in [-0.3, -0.25) is 0 Å². The average Bonchev–Trinajstić information content (AvgIpc) is 2.54. The second kappa shape index (κ2) is 5.40. The van der Waals surface area contributed by atoms with Crippen molar-refractivity contribution in [2.75, 3.05) is 6.61 Å². The summed E-state index contributed by atoms with van der Waals surface area (Å²) in [5.41, 5.74) is 1.30. The van der Waals surface area contributed by atoms with E-state index in [-0.39, 0.29) is 12.4 Å². The number of unbranched alkanes of at least 4 members (excludes halogenated alkanes) is 1. The summed E-state index contributed by atoms with van der Waals surface area (Å²) in [6.07, 6.45) is 5.78. The normalized spacial score (nSPS) is 29.6. The third-order valence-electron chi connectivity index (χ3n) is 2.24. The molecule has 2 unspecified atom stereocenters. The second-order valence-corrected chi connectivity index (χ2v) is 3.53. The van der Waals surface area contributed by atoms with Crippen molar-refractivity contribution in [1.29, 1.82) is 0 Å². The van der Waals surface area contributed by atoms with Gasteiger partial charge >= 0.3 is 0 Å². The molecule has 2 atom stereocenters. The molecule has 0 N–H and O–H groups in total. The van der Waals surface area contributed by atoms with E-state index in [2.05, 4.69) is 19.9 Å². The Hall–Kier alpha value is -0.340. The third-order valence-corrected chi connectivity index (χ3v) is 2.24. The van der Waals surface area contributed by atoms with Crippen molar-refractivity contribution in [2.45, 2.75) is 52.4 Å². The fraction of sp³-hybridized carbons (Fsp3) is 0.818. The molecule has 0 spiro atoms. The first-order valence-corrected chi connectivity index (χ1v) is 5.23. The van der Waals surface area contributed by atoms with Crippen molar-refractivity contribution in [3.63, 3.8) is 0 Å². The van der Waals surface area contributed by atoms with Crippen LogP contribution in [0.4, 0.5) is 0 Å². The van der Waals surface area contributed by atoms with Crippen LogP contribution in [0.3, 0.4) is 0 Å². The SMILES string of the molecule is CCCC=C(CC)C1OCC(C)O1. The van der Waals surface area contributed by atoms with Crippen molar-refractivity contribution in [3.8, 4) is 0 Å². The maximum atomic E-state index is 5.62. The largest absolute Gasteiger partial charge is 0.346 e. The highest BCUT2D eigenvalue weighted by Gasteiger charge is 2.24. The summed E-state index contributed by atoms with van der Waals surface area (Å²) in [6.45, 7) is 7.11. The van der Waals surface area contributed by atoms with E-state index in [4.69, 9.17) is 9.47 Å². The molecule has 0 aliphatic carbocycles. The Morgan fingerprint density at radius 2 is 2.23 bits per heavy atom. The molecule has 13 heavy (non-hydrogen) atoms. The van der Waals surface area contributed by atoms with Gasteiger partial charge in [-0.15, -0.1) is 0 Å². The molecule has 0 saturated carbocycles. The van der Waals surface area contributed by atoms with Gasteiger partial charge in [0.25, 0.3) is 0 Å². The summed E-state index contributed by atoms with van der Waals surface area (Å²) < 4.78 is 11.1. The highest BCUT2D eigenvalue weighted by molar-refractivity contribution is 5.06. The van der Waals surface area contributed by atoms with Gasteiger partial charge < -0.3 is 9.47 Å². The minimum Gasteiger partial charge on any atom is -0.346 e. The minimum absolute atomic E-state index is 0.0634. The molecule has 1 aliphatic rings. The van der Waals surface area contributed by atoms with E-state index in [1.54, 1.807) is 0 Å². The fourth-order valence-electron chi connectivity index (χ4n) is 1.44. The molecule has 0 aromatic carbocycles. The number of rotatable bonds is 4. The van der Waals surface area contributed by atoms with Crippen LogP contribution in [0.1, 0.15) is 40.0 Å². The molecule has 2 nitrogen and oxygen atoms in total. The summed E-state index contributed by atoms with van der Waals surface area (Å²) >= 11 is 0. The monoisotopic (exact) mass is 184 g/mol. The number of ether oxygens (including phenoxy) is 2. The molecule has 1 fully saturated rings. The van der Waals surface area contributed by atoms with Gasteiger partial charge in [0.05, 0.1) is 12.7 Å². The van der Waals surface area contributed by atoms with E-state index in [0.29, 0.717) is 0 Å². The van der Waals surface area contributed by atoms with Gasteiger partial charge in [0.15, 0.2) is 6.29 Å². The van der Waals surface area contributed by atoms with E-state index < -0.39 is 0 Å². The van der Waals surface area contributed by atoms with Crippen LogP contribution in [-0.4, -0.2) is 19.0 Å². The Labute approximate surface area is 80.9 Å². The standard InChI is InChI=1S/C11H20O2/c1-4-6-7-10(5-2)11-12-8-9(3)13-11/h7,9,11H,4-6,8H2,1-3H3. The quantitative estimate of drug-likeness (QED) is 0.625. The molecule has 0 aromatic rings. The fourth-order valence-corrected chi connectivity index (χ4v) is 1.44. The molecule has 1 saturated heterocycles. The van der Waals surface area contributed by atoms with Crippen molar-refractivity contribution >= 4 is 0 Å². The Morgan fingerprint density at radius 1 is 1.46 bits per heavy atom. The third kappa shape index (κ3) is 3.12. The summed E-state index contributed by atoms with van der Waals surface area (Å²) in [7, 11) is 0. The molecular weight excluding hydrogens is 164 g/mol. The van der Waals surface area contributed by atoms with Gasteiger partial charge in [0, 0.05) is 0 Å². The number of allylic oxidation sites excluding steroid dienone is 1. The van der Waals surface area contributed by atoms with Crippen LogP contribution in [0.15, 0.2) is 11.6 Å². The Morgan fingerprint density at radius 3 is 2.69 bits per heavy atom. The summed E-state index contributed by atoms with van der Waals surface area (Å²) in [6, 6.07) is 0. The lowest BCUT2D eigenvalue weighted by molar-refractivity contribution is -0.0271. The molecular formula is C11H20O2. The van der Waals surface area contributed by atoms with Crippen LogP contribution >= 0.6 is 0 Å². The van der Waals surface area contributed by atoms with Crippen molar-refractivity contribution in [1.82, 2.24) is 0 Å². The lowest BCUT2D eigenvalue weighted by Gasteiger charge is -2.12. The molecule has 1 rings (SSSR count). The van der Waals surface area contributed by atoms with Crippen LogP contribution in [0, 0.1) is 0 Å². The number of hydrogen-bond acceptors (Lipinski definition) is 2. The summed E-state index contributed by atoms with van der Waals surface area (Å²) in [5, 5.41) is 0. The van der Waals surface area contributed by atoms with Crippen LogP contribution in [0.5, 0.6) is 0 Å². The number of hydrogen-bond donors (Lipinski definition) is 0. The highest BCUT2D eigenvalue weighted by atomic mass is 16.7. The second-order valence-electron chi connectivity index (χ2n) is 3.53. The lowest BCUT2D eigenvalue weighted by atomic mass is 10.1. The zero-order valence-electron chi connectivity index (χ0n) is 8.88. The van der Waals surface area contributed by atoms with E-state index in [1.165, 1.54) is 12.0 Å². The summed E-state index contributed by atoms with van der Waals surface area (Å²) in [4.78, 5) is 0. The van der Waals surface area contributed by atoms with Crippen LogP contribution < -0.4 is 0 Å². The van der Waals surface area contributed by atoms with Gasteiger partial charge in [-0.2, -0.15) is 0 Å². The highest BCUT2D eigenvalue weighted by Crippen LogP contribution is 2.21. The van der Waals surface area contributed by atoms with Crippen molar-refractivity contribution < 1.29 is 9.47 Å². The molecule has 0 bridgehead atoms. The molecule has 76 valence electrons. The van der Waals surface area contributed by atoms with E-state index in [0.717, 1.165) is 19.4 Å². The average molecular weight is 184 g/mol. The van der Waals surface area contributed by atoms with Gasteiger partial charge in [0.2, 0.25) is 0 Å². The molecule has 2 heteroatoms. The Kier molecular flexibility index (Phi) is 4.46. The maximum absolute atomic E-state index is 5.62. The molecule has 1 heterocycles. The molecule has 0 radical (unpaired) electrons. The van der Waals surface area contributed by atoms with Gasteiger partial charge in [-0.25, -0.2) is 0 Å². The zero-order chi connectivity index (χ0) is 9.68. The minimum atomic E-state index is -0.0634. The van der Waals surface area contributed by atoms with Crippen LogP contribution in [0.2, 0.25) is 0 Å². The van der Waals surface area contributed by atoms with Crippen LogP contribution in [-0.2, 0) is 9.47 Å². The first kappa shape index (κ1) is 10.7. The Bertz CT molecular complexity index is 175. The Balaban J connectivity index is 2.46. The topological polar surface area (TPSA) is 18.5 Å². The van der Waals surface area contributed by atoms with Gasteiger partial charge in [-0.1, -0.05) is 26.3 Å². The first-order valence-electron chi connectivity index (χ1n) is 5.23. The predicted molar refractivity (Wildman–Crippen MR) is 53.6 cm³/mol. The van der Waals surface area contributed by atoms with E-state index in [9.17, 15) is 0 Å². The zero-order valence-corrected chi connectivity index (χ0v) is 8.88. The lowest BCUT2D eigenvalue weighted by Crippen LogP contribution is -2.12. The van der Waals surface area contributed by atoms with Gasteiger partial charge in [-0.05, 0) is 25.3 Å². The maximum Gasteiger partial charge on any atom is 0.180 e.